The van der Waals surface area contributed by atoms with E-state index >= 15 is 0 Å². The summed E-state index contributed by atoms with van der Waals surface area (Å²) in [6.45, 7) is 6.49. The number of nitrogens with one attached hydrogen (secondary N) is 4. The van der Waals surface area contributed by atoms with E-state index in [1.807, 2.05) is 0 Å². The van der Waals surface area contributed by atoms with Crippen molar-refractivity contribution in [3.63, 3.8) is 0 Å². The first-order valence-corrected chi connectivity index (χ1v) is 10.4. The molecule has 4 unspecified atom stereocenters. The zero-order valence-electron chi connectivity index (χ0n) is 19.0. The van der Waals surface area contributed by atoms with Gasteiger partial charge < -0.3 is 36.9 Å². The van der Waals surface area contributed by atoms with Gasteiger partial charge in [0.2, 0.25) is 17.7 Å². The maximum absolute atomic E-state index is 12.8. The molecule has 1 rings (SSSR count). The third kappa shape index (κ3) is 8.88. The fourth-order valence-electron chi connectivity index (χ4n) is 2.93. The molecule has 0 aliphatic rings. The molecule has 0 radical (unpaired) electrons. The second-order valence-electron chi connectivity index (χ2n) is 8.35. The normalized spacial score (nSPS) is 14.8. The Morgan fingerprint density at radius 1 is 0.939 bits per heavy atom. The molecule has 3 amide bonds. The zero-order chi connectivity index (χ0) is 25.3. The minimum Gasteiger partial charge on any atom is -0.481 e. The van der Waals surface area contributed by atoms with Crippen molar-refractivity contribution in [3.8, 4) is 0 Å². The predicted molar refractivity (Wildman–Crippen MR) is 116 cm³/mol. The van der Waals surface area contributed by atoms with Crippen LogP contribution in [0.1, 0.15) is 39.8 Å². The van der Waals surface area contributed by atoms with Crippen molar-refractivity contribution in [2.24, 2.45) is 17.6 Å². The smallest absolute Gasteiger partial charge is 0.326 e. The number of nitrogens with two attached hydrogens (primary N) is 1. The van der Waals surface area contributed by atoms with E-state index in [9.17, 15) is 29.1 Å². The molecule has 0 saturated heterocycles. The van der Waals surface area contributed by atoms with Crippen LogP contribution in [-0.4, -0.2) is 74.0 Å². The van der Waals surface area contributed by atoms with Crippen molar-refractivity contribution >= 4 is 29.7 Å². The van der Waals surface area contributed by atoms with Crippen molar-refractivity contribution in [1.82, 2.24) is 25.9 Å². The Balaban J connectivity index is 2.92. The number of aromatic nitrogens is 2. The number of hydrogen-bond donors (Lipinski definition) is 7. The van der Waals surface area contributed by atoms with Gasteiger partial charge in [-0.05, 0) is 11.8 Å². The minimum absolute atomic E-state index is 0.0794. The van der Waals surface area contributed by atoms with Crippen molar-refractivity contribution in [2.75, 3.05) is 0 Å². The third-order valence-electron chi connectivity index (χ3n) is 4.82. The van der Waals surface area contributed by atoms with Crippen LogP contribution >= 0.6 is 0 Å². The first-order chi connectivity index (χ1) is 15.3. The lowest BCUT2D eigenvalue weighted by atomic mass is 9.99. The number of carbonyl (C=O) groups excluding carboxylic acids is 3. The molecule has 0 aliphatic heterocycles. The summed E-state index contributed by atoms with van der Waals surface area (Å²) in [4.78, 5) is 67.1. The van der Waals surface area contributed by atoms with Crippen LogP contribution in [0.2, 0.25) is 0 Å². The van der Waals surface area contributed by atoms with Crippen LogP contribution in [0.3, 0.4) is 0 Å². The molecule has 0 saturated carbocycles. The fraction of sp³-hybridized carbons (Fsp3) is 0.600. The standard InChI is InChI=1S/C20H32N6O7/c1-9(2)15(19(31)26-16(10(3)4)20(32)33)25-18(30)13(6-14(27)28)24-17(29)12(21)5-11-7-22-8-23-11/h7-10,12-13,15-16H,5-6,21H2,1-4H3,(H,22,23)(H,24,29)(H,25,30)(H,26,31)(H,27,28)(H,32,33). The lowest BCUT2D eigenvalue weighted by Crippen LogP contribution is -2.59. The van der Waals surface area contributed by atoms with Gasteiger partial charge in [-0.3, -0.25) is 19.2 Å². The fourth-order valence-corrected chi connectivity index (χ4v) is 2.93. The topological polar surface area (TPSA) is 217 Å². The van der Waals surface area contributed by atoms with Crippen LogP contribution < -0.4 is 21.7 Å². The Kier molecular flexibility index (Phi) is 10.5. The number of imidazole rings is 1. The SMILES string of the molecule is CC(C)C(NC(=O)C(NC(=O)C(CC(=O)O)NC(=O)C(N)Cc1cnc[nH]1)C(C)C)C(=O)O. The van der Waals surface area contributed by atoms with Gasteiger partial charge >= 0.3 is 11.9 Å². The van der Waals surface area contributed by atoms with Gasteiger partial charge in [0.1, 0.15) is 18.1 Å². The molecular formula is C20H32N6O7. The summed E-state index contributed by atoms with van der Waals surface area (Å²) in [6, 6.07) is -4.92. The number of H-pyrrole nitrogens is 1. The Morgan fingerprint density at radius 3 is 1.97 bits per heavy atom. The third-order valence-corrected chi connectivity index (χ3v) is 4.82. The van der Waals surface area contributed by atoms with E-state index < -0.39 is 72.1 Å². The van der Waals surface area contributed by atoms with Gasteiger partial charge in [0.15, 0.2) is 0 Å². The van der Waals surface area contributed by atoms with Gasteiger partial charge in [-0.15, -0.1) is 0 Å². The van der Waals surface area contributed by atoms with Crippen molar-refractivity contribution in [3.05, 3.63) is 18.2 Å². The van der Waals surface area contributed by atoms with E-state index in [1.165, 1.54) is 12.5 Å². The first kappa shape index (κ1) is 27.6. The molecule has 1 aromatic rings. The number of carbonyl (C=O) groups is 5. The summed E-state index contributed by atoms with van der Waals surface area (Å²) >= 11 is 0. The molecule has 0 spiro atoms. The largest absolute Gasteiger partial charge is 0.481 e. The molecule has 1 heterocycles. The van der Waals surface area contributed by atoms with Crippen LogP contribution in [0.25, 0.3) is 0 Å². The summed E-state index contributed by atoms with van der Waals surface area (Å²) in [5, 5.41) is 25.6. The van der Waals surface area contributed by atoms with Gasteiger partial charge in [-0.25, -0.2) is 9.78 Å². The molecular weight excluding hydrogens is 436 g/mol. The summed E-state index contributed by atoms with van der Waals surface area (Å²) in [6.07, 6.45) is 2.22. The number of carboxylic acids is 2. The van der Waals surface area contributed by atoms with Gasteiger partial charge in [-0.2, -0.15) is 0 Å². The first-order valence-electron chi connectivity index (χ1n) is 10.4. The second-order valence-corrected chi connectivity index (χ2v) is 8.35. The molecule has 0 aliphatic carbocycles. The highest BCUT2D eigenvalue weighted by Crippen LogP contribution is 2.08. The molecule has 8 N–H and O–H groups in total. The van der Waals surface area contributed by atoms with E-state index in [0.29, 0.717) is 5.69 Å². The lowest BCUT2D eigenvalue weighted by molar-refractivity contribution is -0.144. The molecule has 33 heavy (non-hydrogen) atoms. The van der Waals surface area contributed by atoms with E-state index in [0.717, 1.165) is 0 Å². The van der Waals surface area contributed by atoms with Gasteiger partial charge in [0, 0.05) is 18.3 Å². The lowest BCUT2D eigenvalue weighted by Gasteiger charge is -2.27. The van der Waals surface area contributed by atoms with Gasteiger partial charge in [0.05, 0.1) is 18.8 Å². The molecule has 184 valence electrons. The maximum atomic E-state index is 12.8. The maximum Gasteiger partial charge on any atom is 0.326 e. The molecule has 0 fully saturated rings. The zero-order valence-corrected chi connectivity index (χ0v) is 19.0. The molecule has 1 aromatic heterocycles. The number of aliphatic carboxylic acids is 2. The Labute approximate surface area is 190 Å². The molecule has 0 bridgehead atoms. The molecule has 13 heteroatoms. The van der Waals surface area contributed by atoms with Crippen LogP contribution in [0.5, 0.6) is 0 Å². The molecule has 4 atom stereocenters. The average Bonchev–Trinajstić information content (AvgIpc) is 3.21. The Hall–Kier alpha value is -3.48. The number of carboxylic acid groups (broad SMARTS) is 2. The number of nitrogens with zero attached hydrogens (tertiary/aromatic N) is 1. The highest BCUT2D eigenvalue weighted by Gasteiger charge is 2.33. The summed E-state index contributed by atoms with van der Waals surface area (Å²) in [5.74, 6) is -5.86. The quantitative estimate of drug-likeness (QED) is 0.181. The van der Waals surface area contributed by atoms with E-state index in [2.05, 4.69) is 25.9 Å². The van der Waals surface area contributed by atoms with Crippen LogP contribution in [0.15, 0.2) is 12.5 Å². The average molecular weight is 469 g/mol. The number of rotatable bonds is 13. The van der Waals surface area contributed by atoms with Crippen molar-refractivity contribution in [2.45, 2.75) is 64.7 Å². The molecule has 13 nitrogen and oxygen atoms in total. The summed E-state index contributed by atoms with van der Waals surface area (Å²) in [5.41, 5.74) is 6.41. The van der Waals surface area contributed by atoms with E-state index in [1.54, 1.807) is 27.7 Å². The van der Waals surface area contributed by atoms with E-state index in [4.69, 9.17) is 10.8 Å². The second kappa shape index (κ2) is 12.5. The predicted octanol–water partition coefficient (Wildman–Crippen LogP) is -1.39. The summed E-state index contributed by atoms with van der Waals surface area (Å²) in [7, 11) is 0. The number of aromatic amines is 1. The Bertz CT molecular complexity index is 840. The van der Waals surface area contributed by atoms with Gasteiger partial charge in [-0.1, -0.05) is 27.7 Å². The van der Waals surface area contributed by atoms with Crippen LogP contribution in [0, 0.1) is 11.8 Å². The van der Waals surface area contributed by atoms with Crippen molar-refractivity contribution in [1.29, 1.82) is 0 Å². The highest BCUT2D eigenvalue weighted by molar-refractivity contribution is 5.95. The van der Waals surface area contributed by atoms with Crippen LogP contribution in [-0.2, 0) is 30.4 Å². The Morgan fingerprint density at radius 2 is 1.52 bits per heavy atom. The highest BCUT2D eigenvalue weighted by atomic mass is 16.4. The van der Waals surface area contributed by atoms with Crippen LogP contribution in [0.4, 0.5) is 0 Å². The summed E-state index contributed by atoms with van der Waals surface area (Å²) < 4.78 is 0. The van der Waals surface area contributed by atoms with Crippen molar-refractivity contribution < 1.29 is 34.2 Å². The van der Waals surface area contributed by atoms with E-state index in [-0.39, 0.29) is 6.42 Å². The number of hydrogen-bond acceptors (Lipinski definition) is 7. The monoisotopic (exact) mass is 468 g/mol. The number of amides is 3. The van der Waals surface area contributed by atoms with Gasteiger partial charge in [0.25, 0.3) is 0 Å². The minimum atomic E-state index is -1.50. The molecule has 0 aromatic carbocycles.